The molecule has 7 nitrogen and oxygen atoms in total. The van der Waals surface area contributed by atoms with E-state index in [0.717, 1.165) is 35.3 Å². The van der Waals surface area contributed by atoms with Gasteiger partial charge >= 0.3 is 6.03 Å². The highest BCUT2D eigenvalue weighted by Gasteiger charge is 2.20. The van der Waals surface area contributed by atoms with Gasteiger partial charge in [-0.05, 0) is 49.2 Å². The van der Waals surface area contributed by atoms with Gasteiger partial charge in [0.2, 0.25) is 5.91 Å². The maximum Gasteiger partial charge on any atom is 0.322 e. The lowest BCUT2D eigenvalue weighted by atomic mass is 10.1. The van der Waals surface area contributed by atoms with Crippen molar-refractivity contribution in [3.05, 3.63) is 95.5 Å². The average Bonchev–Trinajstić information content (AvgIpc) is 3.32. The Hall–Kier alpha value is -4.10. The maximum absolute atomic E-state index is 13.2. The van der Waals surface area contributed by atoms with Crippen LogP contribution in [-0.2, 0) is 4.79 Å². The van der Waals surface area contributed by atoms with E-state index >= 15 is 0 Å². The lowest BCUT2D eigenvalue weighted by Crippen LogP contribution is -2.41. The third kappa shape index (κ3) is 6.77. The Morgan fingerprint density at radius 2 is 1.65 bits per heavy atom. The van der Waals surface area contributed by atoms with Crippen molar-refractivity contribution >= 4 is 35.0 Å². The molecular formula is C29H30ClN5O2. The van der Waals surface area contributed by atoms with Gasteiger partial charge in [-0.3, -0.25) is 4.79 Å². The van der Waals surface area contributed by atoms with Crippen molar-refractivity contribution in [3.8, 4) is 16.9 Å². The predicted octanol–water partition coefficient (Wildman–Crippen LogP) is 6.77. The van der Waals surface area contributed by atoms with Crippen LogP contribution in [0.1, 0.15) is 25.3 Å². The number of aromatic nitrogens is 2. The minimum atomic E-state index is -0.314. The first-order valence-corrected chi connectivity index (χ1v) is 12.6. The number of carbonyl (C=O) groups excluding carboxylic acids is 2. The molecule has 4 rings (SSSR count). The molecule has 0 aliphatic heterocycles. The molecule has 0 aliphatic rings. The van der Waals surface area contributed by atoms with Crippen molar-refractivity contribution in [3.63, 3.8) is 0 Å². The number of unbranched alkanes of at least 4 members (excludes halogenated alkanes) is 1. The fourth-order valence-electron chi connectivity index (χ4n) is 3.86. The van der Waals surface area contributed by atoms with Crippen molar-refractivity contribution in [1.82, 2.24) is 14.7 Å². The minimum Gasteiger partial charge on any atom is -0.315 e. The van der Waals surface area contributed by atoms with E-state index in [9.17, 15) is 9.59 Å². The molecule has 2 N–H and O–H groups in total. The van der Waals surface area contributed by atoms with Crippen LogP contribution in [-0.4, -0.2) is 39.7 Å². The first kappa shape index (κ1) is 26.0. The summed E-state index contributed by atoms with van der Waals surface area (Å²) in [5.41, 5.74) is 4.07. The molecule has 0 fully saturated rings. The van der Waals surface area contributed by atoms with Crippen LogP contribution in [0.5, 0.6) is 0 Å². The zero-order chi connectivity index (χ0) is 26.2. The average molecular weight is 516 g/mol. The van der Waals surface area contributed by atoms with E-state index in [0.29, 0.717) is 23.1 Å². The Bertz CT molecular complexity index is 1350. The van der Waals surface area contributed by atoms with E-state index in [-0.39, 0.29) is 18.5 Å². The van der Waals surface area contributed by atoms with E-state index in [1.54, 1.807) is 16.8 Å². The number of rotatable bonds is 9. The number of nitrogens with one attached hydrogen (secondary N) is 2. The zero-order valence-electron chi connectivity index (χ0n) is 20.9. The number of aryl methyl sites for hydroxylation is 1. The Labute approximate surface area is 222 Å². The Kier molecular flexibility index (Phi) is 8.59. The standard InChI is InChI=1S/C29H30ClN5O2/c1-3-4-18-34(29(37)31-25-13-9-8-10-21(25)2)20-28(36)32-27-19-26(22-11-6-5-7-12-22)33-35(27)24-16-14-23(30)15-17-24/h5-17,19H,3-4,18,20H2,1-2H3,(H,31,37)(H,32,36). The lowest BCUT2D eigenvalue weighted by molar-refractivity contribution is -0.116. The number of hydrogen-bond acceptors (Lipinski definition) is 3. The van der Waals surface area contributed by atoms with Gasteiger partial charge in [0.1, 0.15) is 12.4 Å². The van der Waals surface area contributed by atoms with E-state index in [1.807, 2.05) is 86.6 Å². The van der Waals surface area contributed by atoms with Crippen LogP contribution in [0.3, 0.4) is 0 Å². The van der Waals surface area contributed by atoms with Crippen LogP contribution in [0, 0.1) is 6.92 Å². The second kappa shape index (κ2) is 12.2. The second-order valence-corrected chi connectivity index (χ2v) is 9.17. The molecule has 4 aromatic rings. The Morgan fingerprint density at radius 1 is 0.946 bits per heavy atom. The monoisotopic (exact) mass is 515 g/mol. The van der Waals surface area contributed by atoms with Gasteiger partial charge in [-0.1, -0.05) is 73.5 Å². The number of anilines is 2. The summed E-state index contributed by atoms with van der Waals surface area (Å²) in [5.74, 6) is 0.187. The number of nitrogens with zero attached hydrogens (tertiary/aromatic N) is 3. The van der Waals surface area contributed by atoms with Gasteiger partial charge in [0, 0.05) is 28.9 Å². The van der Waals surface area contributed by atoms with Crippen LogP contribution in [0.2, 0.25) is 5.02 Å². The third-order valence-corrected chi connectivity index (χ3v) is 6.16. The number of amides is 3. The third-order valence-electron chi connectivity index (χ3n) is 5.91. The van der Waals surface area contributed by atoms with Gasteiger partial charge in [0.05, 0.1) is 11.4 Å². The summed E-state index contributed by atoms with van der Waals surface area (Å²) in [7, 11) is 0. The van der Waals surface area contributed by atoms with Crippen LogP contribution in [0.25, 0.3) is 16.9 Å². The smallest absolute Gasteiger partial charge is 0.315 e. The molecule has 190 valence electrons. The van der Waals surface area contributed by atoms with Gasteiger partial charge in [-0.15, -0.1) is 0 Å². The van der Waals surface area contributed by atoms with Crippen molar-refractivity contribution in [2.24, 2.45) is 0 Å². The summed E-state index contributed by atoms with van der Waals surface area (Å²) in [6, 6.07) is 26.0. The predicted molar refractivity (Wildman–Crippen MR) is 149 cm³/mol. The molecule has 1 aromatic heterocycles. The normalized spacial score (nSPS) is 10.7. The van der Waals surface area contributed by atoms with Crippen molar-refractivity contribution in [1.29, 1.82) is 0 Å². The fraction of sp³-hybridized carbons (Fsp3) is 0.207. The SMILES string of the molecule is CCCCN(CC(=O)Nc1cc(-c2ccccc2)nn1-c1ccc(Cl)cc1)C(=O)Nc1ccccc1C. The van der Waals surface area contributed by atoms with Crippen molar-refractivity contribution in [2.75, 3.05) is 23.7 Å². The Balaban J connectivity index is 1.56. The van der Waals surface area contributed by atoms with E-state index in [2.05, 4.69) is 10.6 Å². The Morgan fingerprint density at radius 3 is 2.35 bits per heavy atom. The van der Waals surface area contributed by atoms with Crippen LogP contribution in [0.15, 0.2) is 84.9 Å². The number of para-hydroxylation sites is 1. The van der Waals surface area contributed by atoms with E-state index in [1.165, 1.54) is 4.90 Å². The van der Waals surface area contributed by atoms with Gasteiger partial charge in [-0.2, -0.15) is 5.10 Å². The van der Waals surface area contributed by atoms with Crippen molar-refractivity contribution < 1.29 is 9.59 Å². The molecule has 0 bridgehead atoms. The number of urea groups is 1. The molecule has 1 heterocycles. The lowest BCUT2D eigenvalue weighted by Gasteiger charge is -2.23. The summed E-state index contributed by atoms with van der Waals surface area (Å²) in [5, 5.41) is 11.2. The van der Waals surface area contributed by atoms with Gasteiger partial charge in [0.25, 0.3) is 0 Å². The first-order valence-electron chi connectivity index (χ1n) is 12.3. The molecular weight excluding hydrogens is 486 g/mol. The zero-order valence-corrected chi connectivity index (χ0v) is 21.7. The van der Waals surface area contributed by atoms with Crippen LogP contribution in [0.4, 0.5) is 16.3 Å². The first-order chi connectivity index (χ1) is 17.9. The summed E-state index contributed by atoms with van der Waals surface area (Å²) >= 11 is 6.08. The molecule has 8 heteroatoms. The number of benzene rings is 3. The largest absolute Gasteiger partial charge is 0.322 e. The highest BCUT2D eigenvalue weighted by atomic mass is 35.5. The molecule has 0 unspecified atom stereocenters. The van der Waals surface area contributed by atoms with Crippen LogP contribution < -0.4 is 10.6 Å². The maximum atomic E-state index is 13.2. The van der Waals surface area contributed by atoms with E-state index < -0.39 is 0 Å². The quantitative estimate of drug-likeness (QED) is 0.258. The molecule has 0 radical (unpaired) electrons. The number of carbonyl (C=O) groups is 2. The van der Waals surface area contributed by atoms with Crippen molar-refractivity contribution in [2.45, 2.75) is 26.7 Å². The van der Waals surface area contributed by atoms with Gasteiger partial charge in [0.15, 0.2) is 0 Å². The topological polar surface area (TPSA) is 79.3 Å². The highest BCUT2D eigenvalue weighted by Crippen LogP contribution is 2.25. The highest BCUT2D eigenvalue weighted by molar-refractivity contribution is 6.30. The minimum absolute atomic E-state index is 0.0931. The molecule has 0 aliphatic carbocycles. The van der Waals surface area contributed by atoms with Gasteiger partial charge < -0.3 is 15.5 Å². The fourth-order valence-corrected chi connectivity index (χ4v) is 3.99. The van der Waals surface area contributed by atoms with Gasteiger partial charge in [-0.25, -0.2) is 9.48 Å². The summed E-state index contributed by atoms with van der Waals surface area (Å²) in [4.78, 5) is 27.8. The second-order valence-electron chi connectivity index (χ2n) is 8.74. The summed E-state index contributed by atoms with van der Waals surface area (Å²) in [6.07, 6.45) is 1.69. The number of halogens is 1. The summed E-state index contributed by atoms with van der Waals surface area (Å²) < 4.78 is 1.67. The summed E-state index contributed by atoms with van der Waals surface area (Å²) in [6.45, 7) is 4.35. The number of hydrogen-bond donors (Lipinski definition) is 2. The molecule has 3 aromatic carbocycles. The molecule has 0 saturated carbocycles. The molecule has 0 saturated heterocycles. The van der Waals surface area contributed by atoms with E-state index in [4.69, 9.17) is 16.7 Å². The van der Waals surface area contributed by atoms with Crippen LogP contribution >= 0.6 is 11.6 Å². The molecule has 3 amide bonds. The molecule has 0 spiro atoms. The molecule has 0 atom stereocenters. The molecule has 37 heavy (non-hydrogen) atoms.